The molecule has 4 nitrogen and oxygen atoms in total. The van der Waals surface area contributed by atoms with E-state index in [-0.39, 0.29) is 13.0 Å². The molecule has 0 heterocycles. The SMILES string of the molecule is Cc1ccccc1OCCC(=O)NO. The summed E-state index contributed by atoms with van der Waals surface area (Å²) in [5.74, 6) is 0.317. The van der Waals surface area contributed by atoms with Crippen molar-refractivity contribution >= 4 is 5.91 Å². The van der Waals surface area contributed by atoms with E-state index in [2.05, 4.69) is 0 Å². The van der Waals surface area contributed by atoms with E-state index in [1.54, 1.807) is 5.48 Å². The first kappa shape index (κ1) is 10.5. The summed E-state index contributed by atoms with van der Waals surface area (Å²) in [5.41, 5.74) is 2.57. The summed E-state index contributed by atoms with van der Waals surface area (Å²) in [5, 5.41) is 8.23. The molecule has 76 valence electrons. The Kier molecular flexibility index (Phi) is 3.94. The molecule has 0 aliphatic heterocycles. The van der Waals surface area contributed by atoms with Gasteiger partial charge in [-0.05, 0) is 18.6 Å². The highest BCUT2D eigenvalue weighted by Gasteiger charge is 2.01. The van der Waals surface area contributed by atoms with Crippen LogP contribution in [0.1, 0.15) is 12.0 Å². The number of carbonyl (C=O) groups excluding carboxylic acids is 1. The van der Waals surface area contributed by atoms with Crippen LogP contribution in [0.25, 0.3) is 0 Å². The Balaban J connectivity index is 2.39. The number of hydrogen-bond acceptors (Lipinski definition) is 3. The summed E-state index contributed by atoms with van der Waals surface area (Å²) >= 11 is 0. The zero-order chi connectivity index (χ0) is 10.4. The lowest BCUT2D eigenvalue weighted by Gasteiger charge is -2.07. The van der Waals surface area contributed by atoms with Crippen molar-refractivity contribution < 1.29 is 14.7 Å². The Labute approximate surface area is 82.5 Å². The van der Waals surface area contributed by atoms with Crippen molar-refractivity contribution in [1.29, 1.82) is 0 Å². The molecule has 0 atom stereocenters. The molecule has 0 aromatic heterocycles. The lowest BCUT2D eigenvalue weighted by atomic mass is 10.2. The topological polar surface area (TPSA) is 58.6 Å². The fraction of sp³-hybridized carbons (Fsp3) is 0.300. The molecule has 14 heavy (non-hydrogen) atoms. The molecule has 0 radical (unpaired) electrons. The molecule has 0 unspecified atom stereocenters. The normalized spacial score (nSPS) is 9.57. The van der Waals surface area contributed by atoms with Gasteiger partial charge < -0.3 is 4.74 Å². The van der Waals surface area contributed by atoms with E-state index in [1.807, 2.05) is 31.2 Å². The molecule has 1 aromatic rings. The molecule has 1 aromatic carbocycles. The Morgan fingerprint density at radius 1 is 1.50 bits per heavy atom. The molecule has 0 saturated heterocycles. The summed E-state index contributed by atoms with van der Waals surface area (Å²) in [6, 6.07) is 7.56. The maximum atomic E-state index is 10.6. The van der Waals surface area contributed by atoms with Crippen LogP contribution in [0.3, 0.4) is 0 Å². The molecule has 2 N–H and O–H groups in total. The third kappa shape index (κ3) is 3.06. The van der Waals surface area contributed by atoms with Gasteiger partial charge in [0, 0.05) is 0 Å². The van der Waals surface area contributed by atoms with Gasteiger partial charge in [-0.25, -0.2) is 5.48 Å². The van der Waals surface area contributed by atoms with Crippen LogP contribution in [0.2, 0.25) is 0 Å². The molecule has 0 aliphatic rings. The average molecular weight is 195 g/mol. The average Bonchev–Trinajstić information content (AvgIpc) is 2.20. The number of hydrogen-bond donors (Lipinski definition) is 2. The van der Waals surface area contributed by atoms with Gasteiger partial charge >= 0.3 is 0 Å². The van der Waals surface area contributed by atoms with Gasteiger partial charge in [0.2, 0.25) is 5.91 Å². The lowest BCUT2D eigenvalue weighted by Crippen LogP contribution is -2.20. The number of aryl methyl sites for hydroxylation is 1. The van der Waals surface area contributed by atoms with Gasteiger partial charge in [0.15, 0.2) is 0 Å². The highest BCUT2D eigenvalue weighted by Crippen LogP contribution is 2.15. The largest absolute Gasteiger partial charge is 0.493 e. The maximum absolute atomic E-state index is 10.6. The van der Waals surface area contributed by atoms with Gasteiger partial charge in [0.25, 0.3) is 0 Å². The molecule has 4 heteroatoms. The van der Waals surface area contributed by atoms with Gasteiger partial charge in [0.1, 0.15) is 5.75 Å². The van der Waals surface area contributed by atoms with Crippen molar-refractivity contribution in [2.75, 3.05) is 6.61 Å². The standard InChI is InChI=1S/C10H13NO3/c1-8-4-2-3-5-9(8)14-7-6-10(12)11-13/h2-5,13H,6-7H2,1H3,(H,11,12). The smallest absolute Gasteiger partial charge is 0.246 e. The molecular weight excluding hydrogens is 182 g/mol. The maximum Gasteiger partial charge on any atom is 0.246 e. The van der Waals surface area contributed by atoms with Gasteiger partial charge in [-0.2, -0.15) is 0 Å². The molecule has 1 rings (SSSR count). The van der Waals surface area contributed by atoms with Crippen molar-refractivity contribution in [3.63, 3.8) is 0 Å². The monoisotopic (exact) mass is 195 g/mol. The summed E-state index contributed by atoms with van der Waals surface area (Å²) in [6.45, 7) is 2.19. The lowest BCUT2D eigenvalue weighted by molar-refractivity contribution is -0.129. The van der Waals surface area contributed by atoms with Crippen LogP contribution in [0.4, 0.5) is 0 Å². The minimum atomic E-state index is -0.446. The minimum Gasteiger partial charge on any atom is -0.493 e. The number of rotatable bonds is 4. The van der Waals surface area contributed by atoms with Gasteiger partial charge in [-0.15, -0.1) is 0 Å². The molecule has 0 bridgehead atoms. The van der Waals surface area contributed by atoms with Crippen molar-refractivity contribution in [2.24, 2.45) is 0 Å². The Morgan fingerprint density at radius 2 is 2.21 bits per heavy atom. The number of para-hydroxylation sites is 1. The summed E-state index contributed by atoms with van der Waals surface area (Å²) < 4.78 is 5.34. The van der Waals surface area contributed by atoms with E-state index in [1.165, 1.54) is 0 Å². The molecule has 0 saturated carbocycles. The van der Waals surface area contributed by atoms with E-state index in [4.69, 9.17) is 9.94 Å². The summed E-state index contributed by atoms with van der Waals surface area (Å²) in [7, 11) is 0. The number of hydroxylamine groups is 1. The first-order valence-electron chi connectivity index (χ1n) is 4.35. The number of ether oxygens (including phenoxy) is 1. The number of carbonyl (C=O) groups is 1. The quantitative estimate of drug-likeness (QED) is 0.562. The second kappa shape index (κ2) is 5.24. The third-order valence-electron chi connectivity index (χ3n) is 1.80. The van der Waals surface area contributed by atoms with Crippen LogP contribution in [0.15, 0.2) is 24.3 Å². The number of amides is 1. The third-order valence-corrected chi connectivity index (χ3v) is 1.80. The Bertz CT molecular complexity index is 312. The Morgan fingerprint density at radius 3 is 2.86 bits per heavy atom. The van der Waals surface area contributed by atoms with Crippen molar-refractivity contribution in [2.45, 2.75) is 13.3 Å². The van der Waals surface area contributed by atoms with E-state index in [0.717, 1.165) is 11.3 Å². The molecule has 0 aliphatic carbocycles. The van der Waals surface area contributed by atoms with Crippen molar-refractivity contribution in [1.82, 2.24) is 5.48 Å². The zero-order valence-corrected chi connectivity index (χ0v) is 7.99. The fourth-order valence-electron chi connectivity index (χ4n) is 1.03. The fourth-order valence-corrected chi connectivity index (χ4v) is 1.03. The highest BCUT2D eigenvalue weighted by molar-refractivity contribution is 5.74. The predicted molar refractivity (Wildman–Crippen MR) is 51.2 cm³/mol. The van der Waals surface area contributed by atoms with Crippen LogP contribution in [0, 0.1) is 6.92 Å². The van der Waals surface area contributed by atoms with E-state index >= 15 is 0 Å². The summed E-state index contributed by atoms with van der Waals surface area (Å²) in [4.78, 5) is 10.6. The first-order valence-corrected chi connectivity index (χ1v) is 4.35. The van der Waals surface area contributed by atoms with Crippen LogP contribution in [-0.2, 0) is 4.79 Å². The van der Waals surface area contributed by atoms with E-state index in [0.29, 0.717) is 0 Å². The van der Waals surface area contributed by atoms with Crippen LogP contribution in [-0.4, -0.2) is 17.7 Å². The van der Waals surface area contributed by atoms with Crippen molar-refractivity contribution in [3.8, 4) is 5.75 Å². The second-order valence-electron chi connectivity index (χ2n) is 2.90. The molecule has 0 spiro atoms. The van der Waals surface area contributed by atoms with Crippen LogP contribution >= 0.6 is 0 Å². The van der Waals surface area contributed by atoms with Crippen LogP contribution in [0.5, 0.6) is 5.75 Å². The zero-order valence-electron chi connectivity index (χ0n) is 7.99. The highest BCUT2D eigenvalue weighted by atomic mass is 16.5. The first-order chi connectivity index (χ1) is 6.74. The van der Waals surface area contributed by atoms with Gasteiger partial charge in [-0.1, -0.05) is 18.2 Å². The molecule has 1 amide bonds. The summed E-state index contributed by atoms with van der Waals surface area (Å²) in [6.07, 6.45) is 0.144. The Hall–Kier alpha value is -1.55. The van der Waals surface area contributed by atoms with Gasteiger partial charge in [-0.3, -0.25) is 10.0 Å². The number of benzene rings is 1. The number of nitrogens with one attached hydrogen (secondary N) is 1. The van der Waals surface area contributed by atoms with Crippen molar-refractivity contribution in [3.05, 3.63) is 29.8 Å². The van der Waals surface area contributed by atoms with Crippen LogP contribution < -0.4 is 10.2 Å². The van der Waals surface area contributed by atoms with E-state index < -0.39 is 5.91 Å². The minimum absolute atomic E-state index is 0.144. The van der Waals surface area contributed by atoms with Gasteiger partial charge in [0.05, 0.1) is 13.0 Å². The molecular formula is C10H13NO3. The predicted octanol–water partition coefficient (Wildman–Crippen LogP) is 1.27. The second-order valence-corrected chi connectivity index (χ2v) is 2.90. The molecule has 0 fully saturated rings. The van der Waals surface area contributed by atoms with E-state index in [9.17, 15) is 4.79 Å².